The molecule has 1 aromatic heterocycles. The molecule has 3 nitrogen and oxygen atoms in total. The van der Waals surface area contributed by atoms with Crippen molar-refractivity contribution >= 4 is 28.9 Å². The van der Waals surface area contributed by atoms with E-state index in [1.54, 1.807) is 23.5 Å². The summed E-state index contributed by atoms with van der Waals surface area (Å²) in [6.07, 6.45) is 1.65. The minimum atomic E-state index is -0.324. The first-order valence-electron chi connectivity index (χ1n) is 8.01. The van der Waals surface area contributed by atoms with Crippen LogP contribution in [0.4, 0.5) is 0 Å². The fourth-order valence-electron chi connectivity index (χ4n) is 2.57. The Balaban J connectivity index is 1.75. The van der Waals surface area contributed by atoms with Gasteiger partial charge in [-0.15, -0.1) is 11.3 Å². The average Bonchev–Trinajstić information content (AvgIpc) is 3.10. The number of aryl methyl sites for hydroxylation is 1. The number of thiazole rings is 1. The smallest absolute Gasteiger partial charge is 0.337 e. The molecule has 0 aliphatic rings. The number of esters is 1. The zero-order chi connectivity index (χ0) is 17.8. The third-order valence-electron chi connectivity index (χ3n) is 4.01. The molecule has 0 aliphatic heterocycles. The van der Waals surface area contributed by atoms with Crippen molar-refractivity contribution in [2.24, 2.45) is 0 Å². The summed E-state index contributed by atoms with van der Waals surface area (Å²) < 4.78 is 4.71. The van der Waals surface area contributed by atoms with E-state index in [9.17, 15) is 4.79 Å². The number of methoxy groups -OCH3 is 1. The van der Waals surface area contributed by atoms with Crippen molar-refractivity contribution in [1.29, 1.82) is 0 Å². The zero-order valence-electron chi connectivity index (χ0n) is 14.1. The maximum Gasteiger partial charge on any atom is 0.337 e. The van der Waals surface area contributed by atoms with Gasteiger partial charge in [0.25, 0.3) is 0 Å². The summed E-state index contributed by atoms with van der Waals surface area (Å²) in [5.74, 6) is -0.324. The van der Waals surface area contributed by atoms with Crippen LogP contribution in [0.5, 0.6) is 0 Å². The Morgan fingerprint density at radius 1 is 1.20 bits per heavy atom. The van der Waals surface area contributed by atoms with Gasteiger partial charge in [-0.1, -0.05) is 42.8 Å². The molecule has 5 heteroatoms. The van der Waals surface area contributed by atoms with E-state index in [1.165, 1.54) is 7.11 Å². The molecule has 2 aromatic carbocycles. The van der Waals surface area contributed by atoms with Gasteiger partial charge in [0.2, 0.25) is 0 Å². The van der Waals surface area contributed by atoms with Crippen LogP contribution in [-0.4, -0.2) is 18.1 Å². The second kappa shape index (κ2) is 7.81. The van der Waals surface area contributed by atoms with Gasteiger partial charge in [0.1, 0.15) is 0 Å². The van der Waals surface area contributed by atoms with Gasteiger partial charge in [-0.3, -0.25) is 0 Å². The maximum atomic E-state index is 11.5. The number of hydrogen-bond acceptors (Lipinski definition) is 4. The molecular formula is C20H18ClNO2S. The summed E-state index contributed by atoms with van der Waals surface area (Å²) in [6.45, 7) is 2.09. The van der Waals surface area contributed by atoms with Crippen LogP contribution < -0.4 is 0 Å². The highest BCUT2D eigenvalue weighted by molar-refractivity contribution is 7.10. The number of rotatable bonds is 5. The minimum Gasteiger partial charge on any atom is -0.465 e. The van der Waals surface area contributed by atoms with Gasteiger partial charge in [0.15, 0.2) is 0 Å². The summed E-state index contributed by atoms with van der Waals surface area (Å²) in [7, 11) is 1.38. The summed E-state index contributed by atoms with van der Waals surface area (Å²) in [5, 5.41) is 3.86. The summed E-state index contributed by atoms with van der Waals surface area (Å²) in [4.78, 5) is 16.2. The molecule has 0 fully saturated rings. The molecular weight excluding hydrogens is 354 g/mol. The predicted molar refractivity (Wildman–Crippen MR) is 103 cm³/mol. The number of hydrogen-bond donors (Lipinski definition) is 0. The first-order chi connectivity index (χ1) is 12.1. The minimum absolute atomic E-state index is 0.324. The lowest BCUT2D eigenvalue weighted by Crippen LogP contribution is -2.00. The molecule has 25 heavy (non-hydrogen) atoms. The van der Waals surface area contributed by atoms with E-state index >= 15 is 0 Å². The number of nitrogens with zero attached hydrogens (tertiary/aromatic N) is 1. The van der Waals surface area contributed by atoms with Crippen molar-refractivity contribution in [2.45, 2.75) is 19.8 Å². The van der Waals surface area contributed by atoms with Gasteiger partial charge in [-0.2, -0.15) is 0 Å². The largest absolute Gasteiger partial charge is 0.465 e. The van der Waals surface area contributed by atoms with Gasteiger partial charge >= 0.3 is 5.97 Å². The fourth-order valence-corrected chi connectivity index (χ4v) is 3.72. The van der Waals surface area contributed by atoms with E-state index in [1.807, 2.05) is 18.2 Å². The van der Waals surface area contributed by atoms with E-state index in [2.05, 4.69) is 24.4 Å². The highest BCUT2D eigenvalue weighted by atomic mass is 35.5. The van der Waals surface area contributed by atoms with E-state index in [4.69, 9.17) is 21.3 Å². The number of halogens is 1. The normalized spacial score (nSPS) is 10.7. The van der Waals surface area contributed by atoms with Gasteiger partial charge < -0.3 is 4.74 Å². The van der Waals surface area contributed by atoms with E-state index in [0.717, 1.165) is 45.3 Å². The van der Waals surface area contributed by atoms with Crippen LogP contribution in [-0.2, 0) is 17.6 Å². The van der Waals surface area contributed by atoms with Crippen LogP contribution in [0.25, 0.3) is 11.3 Å². The predicted octanol–water partition coefficient (Wildman–Crippen LogP) is 5.40. The lowest BCUT2D eigenvalue weighted by molar-refractivity contribution is 0.0600. The third kappa shape index (κ3) is 4.09. The first kappa shape index (κ1) is 17.6. The maximum absolute atomic E-state index is 11.5. The standard InChI is InChI=1S/C20H18ClNO2S/c1-3-14-8-9-16(11-17(14)21)18-12-25-19(22-18)10-13-4-6-15(7-5-13)20(23)24-2/h4-9,11-12H,3,10H2,1-2H3. The molecule has 0 atom stereocenters. The van der Waals surface area contributed by atoms with Crippen LogP contribution in [0.15, 0.2) is 47.8 Å². The molecule has 0 N–H and O–H groups in total. The van der Waals surface area contributed by atoms with Crippen molar-refractivity contribution in [3.63, 3.8) is 0 Å². The summed E-state index contributed by atoms with van der Waals surface area (Å²) >= 11 is 7.93. The Kier molecular flexibility index (Phi) is 5.51. The van der Waals surface area contributed by atoms with Crippen LogP contribution >= 0.6 is 22.9 Å². The Bertz CT molecular complexity index is 887. The topological polar surface area (TPSA) is 39.2 Å². The van der Waals surface area contributed by atoms with Crippen molar-refractivity contribution in [3.05, 3.63) is 74.6 Å². The third-order valence-corrected chi connectivity index (χ3v) is 5.21. The van der Waals surface area contributed by atoms with Crippen molar-refractivity contribution < 1.29 is 9.53 Å². The van der Waals surface area contributed by atoms with E-state index in [0.29, 0.717) is 5.56 Å². The number of aromatic nitrogens is 1. The molecule has 0 saturated carbocycles. The summed E-state index contributed by atoms with van der Waals surface area (Å²) in [6, 6.07) is 13.5. The number of ether oxygens (including phenoxy) is 1. The van der Waals surface area contributed by atoms with Crippen molar-refractivity contribution in [3.8, 4) is 11.3 Å². The molecule has 3 rings (SSSR count). The Labute approximate surface area is 156 Å². The SMILES string of the molecule is CCc1ccc(-c2csc(Cc3ccc(C(=O)OC)cc3)n2)cc1Cl. The molecule has 0 aliphatic carbocycles. The Morgan fingerprint density at radius 2 is 1.96 bits per heavy atom. The Hall–Kier alpha value is -2.17. The van der Waals surface area contributed by atoms with Gasteiger partial charge in [-0.05, 0) is 35.7 Å². The second-order valence-corrected chi connectivity index (χ2v) is 7.00. The average molecular weight is 372 g/mol. The highest BCUT2D eigenvalue weighted by Gasteiger charge is 2.09. The molecule has 1 heterocycles. The van der Waals surface area contributed by atoms with Crippen LogP contribution in [0.2, 0.25) is 5.02 Å². The number of carbonyl (C=O) groups excluding carboxylic acids is 1. The second-order valence-electron chi connectivity index (χ2n) is 5.65. The number of benzene rings is 2. The first-order valence-corrected chi connectivity index (χ1v) is 9.27. The number of carbonyl (C=O) groups is 1. The molecule has 0 spiro atoms. The van der Waals surface area contributed by atoms with E-state index < -0.39 is 0 Å². The molecule has 0 radical (unpaired) electrons. The highest BCUT2D eigenvalue weighted by Crippen LogP contribution is 2.28. The van der Waals surface area contributed by atoms with Gasteiger partial charge in [0, 0.05) is 22.4 Å². The molecule has 128 valence electrons. The van der Waals surface area contributed by atoms with Gasteiger partial charge in [0.05, 0.1) is 23.4 Å². The van der Waals surface area contributed by atoms with E-state index in [-0.39, 0.29) is 5.97 Å². The molecule has 3 aromatic rings. The van der Waals surface area contributed by atoms with Crippen molar-refractivity contribution in [2.75, 3.05) is 7.11 Å². The van der Waals surface area contributed by atoms with Gasteiger partial charge in [-0.25, -0.2) is 9.78 Å². The molecule has 0 unspecified atom stereocenters. The molecule has 0 bridgehead atoms. The fraction of sp³-hybridized carbons (Fsp3) is 0.200. The monoisotopic (exact) mass is 371 g/mol. The molecule has 0 saturated heterocycles. The zero-order valence-corrected chi connectivity index (χ0v) is 15.7. The lowest BCUT2D eigenvalue weighted by atomic mass is 10.1. The summed E-state index contributed by atoms with van der Waals surface area (Å²) in [5.41, 5.74) is 4.78. The Morgan fingerprint density at radius 3 is 2.60 bits per heavy atom. The van der Waals surface area contributed by atoms with Crippen molar-refractivity contribution in [1.82, 2.24) is 4.98 Å². The van der Waals surface area contributed by atoms with Crippen LogP contribution in [0, 0.1) is 0 Å². The molecule has 0 amide bonds. The lowest BCUT2D eigenvalue weighted by Gasteiger charge is -2.03. The van der Waals surface area contributed by atoms with Crippen LogP contribution in [0.1, 0.15) is 33.4 Å². The van der Waals surface area contributed by atoms with Crippen LogP contribution in [0.3, 0.4) is 0 Å². The quantitative estimate of drug-likeness (QED) is 0.563.